The van der Waals surface area contributed by atoms with Crippen LogP contribution in [0.5, 0.6) is 0 Å². The molecular formula is C23H19FN4O4S. The highest BCUT2D eigenvalue weighted by Crippen LogP contribution is 2.24. The highest BCUT2D eigenvalue weighted by atomic mass is 32.2. The summed E-state index contributed by atoms with van der Waals surface area (Å²) in [6.45, 7) is 1.33. The van der Waals surface area contributed by atoms with E-state index in [9.17, 15) is 22.4 Å². The van der Waals surface area contributed by atoms with Crippen molar-refractivity contribution in [3.8, 4) is 0 Å². The molecule has 1 aromatic heterocycles. The molecule has 3 aromatic carbocycles. The number of nitrogens with zero attached hydrogens (tertiary/aromatic N) is 2. The fourth-order valence-corrected chi connectivity index (χ4v) is 4.38. The van der Waals surface area contributed by atoms with Crippen LogP contribution in [0.4, 0.5) is 15.8 Å². The summed E-state index contributed by atoms with van der Waals surface area (Å²) in [4.78, 5) is 29.8. The zero-order valence-electron chi connectivity index (χ0n) is 17.4. The molecule has 8 nitrogen and oxygen atoms in total. The number of fused-ring (bicyclic) bond motifs is 1. The maximum Gasteiger partial charge on any atom is 0.261 e. The average molecular weight is 466 g/mol. The molecule has 168 valence electrons. The predicted molar refractivity (Wildman–Crippen MR) is 123 cm³/mol. The van der Waals surface area contributed by atoms with Gasteiger partial charge in [0.2, 0.25) is 5.91 Å². The maximum absolute atomic E-state index is 13.1. The number of carbonyl (C=O) groups is 1. The lowest BCUT2D eigenvalue weighted by molar-refractivity contribution is -0.116. The molecule has 33 heavy (non-hydrogen) atoms. The van der Waals surface area contributed by atoms with E-state index in [0.717, 1.165) is 24.3 Å². The van der Waals surface area contributed by atoms with E-state index < -0.39 is 21.7 Å². The van der Waals surface area contributed by atoms with Gasteiger partial charge in [0.25, 0.3) is 15.6 Å². The summed E-state index contributed by atoms with van der Waals surface area (Å²) in [7, 11) is -4.02. The average Bonchev–Trinajstić information content (AvgIpc) is 2.78. The van der Waals surface area contributed by atoms with Gasteiger partial charge in [-0.25, -0.2) is 17.8 Å². The van der Waals surface area contributed by atoms with E-state index in [1.54, 1.807) is 43.3 Å². The van der Waals surface area contributed by atoms with Crippen LogP contribution in [0.25, 0.3) is 10.9 Å². The Hall–Kier alpha value is -4.05. The van der Waals surface area contributed by atoms with Crippen molar-refractivity contribution in [1.82, 2.24) is 9.55 Å². The van der Waals surface area contributed by atoms with Gasteiger partial charge in [0.05, 0.1) is 27.2 Å². The Kier molecular flexibility index (Phi) is 5.93. The van der Waals surface area contributed by atoms with E-state index in [-0.39, 0.29) is 28.4 Å². The SMILES string of the molecule is Cc1nc2ccccc2c(=O)n1CC(=O)Nc1ccccc1NS(=O)(=O)c1ccc(F)cc1. The summed E-state index contributed by atoms with van der Waals surface area (Å²) >= 11 is 0. The van der Waals surface area contributed by atoms with Crippen LogP contribution < -0.4 is 15.6 Å². The van der Waals surface area contributed by atoms with Crippen LogP contribution in [0.1, 0.15) is 5.82 Å². The molecule has 0 aliphatic carbocycles. The van der Waals surface area contributed by atoms with Crippen LogP contribution in [0, 0.1) is 12.7 Å². The number of anilines is 2. The lowest BCUT2D eigenvalue weighted by atomic mass is 10.2. The zero-order chi connectivity index (χ0) is 23.6. The predicted octanol–water partition coefficient (Wildman–Crippen LogP) is 3.28. The molecule has 0 fully saturated rings. The van der Waals surface area contributed by atoms with Crippen LogP contribution in [0.3, 0.4) is 0 Å². The van der Waals surface area contributed by atoms with Gasteiger partial charge in [-0.05, 0) is 55.5 Å². The van der Waals surface area contributed by atoms with Crippen LogP contribution in [0.2, 0.25) is 0 Å². The molecule has 10 heteroatoms. The Labute approximate surface area is 188 Å². The van der Waals surface area contributed by atoms with Crippen LogP contribution in [0.15, 0.2) is 82.5 Å². The maximum atomic E-state index is 13.1. The van der Waals surface area contributed by atoms with E-state index in [4.69, 9.17) is 0 Å². The van der Waals surface area contributed by atoms with Gasteiger partial charge in [-0.3, -0.25) is 18.9 Å². The zero-order valence-corrected chi connectivity index (χ0v) is 18.3. The van der Waals surface area contributed by atoms with Gasteiger partial charge in [0, 0.05) is 0 Å². The van der Waals surface area contributed by atoms with Gasteiger partial charge in [-0.1, -0.05) is 24.3 Å². The van der Waals surface area contributed by atoms with Crippen molar-refractivity contribution in [2.75, 3.05) is 10.0 Å². The smallest absolute Gasteiger partial charge is 0.261 e. The Bertz CT molecular complexity index is 1520. The topological polar surface area (TPSA) is 110 Å². The number of halogens is 1. The van der Waals surface area contributed by atoms with E-state index >= 15 is 0 Å². The van der Waals surface area contributed by atoms with Crippen molar-refractivity contribution in [2.24, 2.45) is 0 Å². The molecule has 0 bridgehead atoms. The molecular weight excluding hydrogens is 447 g/mol. The molecule has 0 aliphatic heterocycles. The van der Waals surface area contributed by atoms with E-state index in [1.165, 1.54) is 16.7 Å². The third-order valence-electron chi connectivity index (χ3n) is 4.92. The molecule has 0 saturated heterocycles. The molecule has 1 amide bonds. The Morgan fingerprint density at radius 1 is 0.970 bits per heavy atom. The largest absolute Gasteiger partial charge is 0.323 e. The van der Waals surface area contributed by atoms with E-state index in [0.29, 0.717) is 16.7 Å². The number of aromatic nitrogens is 2. The molecule has 2 N–H and O–H groups in total. The van der Waals surface area contributed by atoms with Crippen LogP contribution in [-0.4, -0.2) is 23.9 Å². The molecule has 0 aliphatic rings. The second-order valence-corrected chi connectivity index (χ2v) is 8.90. The van der Waals surface area contributed by atoms with Gasteiger partial charge < -0.3 is 5.32 Å². The summed E-state index contributed by atoms with van der Waals surface area (Å²) in [5.41, 5.74) is 0.513. The number of aryl methyl sites for hydroxylation is 1. The fraction of sp³-hybridized carbons (Fsp3) is 0.0870. The minimum atomic E-state index is -4.02. The standard InChI is InChI=1S/C23H19FN4O4S/c1-15-25-19-7-3-2-6-18(19)23(30)28(15)14-22(29)26-20-8-4-5-9-21(20)27-33(31,32)17-12-10-16(24)11-13-17/h2-13,27H,14H2,1H3,(H,26,29). The highest BCUT2D eigenvalue weighted by Gasteiger charge is 2.18. The van der Waals surface area contributed by atoms with Gasteiger partial charge >= 0.3 is 0 Å². The lowest BCUT2D eigenvalue weighted by Gasteiger charge is -2.15. The summed E-state index contributed by atoms with van der Waals surface area (Å²) in [5, 5.41) is 3.02. The second-order valence-electron chi connectivity index (χ2n) is 7.22. The molecule has 4 rings (SSSR count). The van der Waals surface area contributed by atoms with Crippen molar-refractivity contribution >= 4 is 38.2 Å². The number of rotatable bonds is 6. The summed E-state index contributed by atoms with van der Waals surface area (Å²) < 4.78 is 42.1. The number of hydrogen-bond acceptors (Lipinski definition) is 5. The van der Waals surface area contributed by atoms with Crippen molar-refractivity contribution < 1.29 is 17.6 Å². The normalized spacial score (nSPS) is 11.3. The van der Waals surface area contributed by atoms with Crippen LogP contribution in [-0.2, 0) is 21.4 Å². The fourth-order valence-electron chi connectivity index (χ4n) is 3.30. The summed E-state index contributed by atoms with van der Waals surface area (Å²) in [6.07, 6.45) is 0. The quantitative estimate of drug-likeness (QED) is 0.453. The van der Waals surface area contributed by atoms with Gasteiger partial charge in [0.15, 0.2) is 0 Å². The minimum absolute atomic E-state index is 0.121. The molecule has 0 saturated carbocycles. The van der Waals surface area contributed by atoms with Gasteiger partial charge in [-0.15, -0.1) is 0 Å². The number of hydrogen-bond donors (Lipinski definition) is 2. The molecule has 4 aromatic rings. The first kappa shape index (κ1) is 22.2. The van der Waals surface area contributed by atoms with E-state index in [2.05, 4.69) is 15.0 Å². The number of carbonyl (C=O) groups excluding carboxylic acids is 1. The number of nitrogens with one attached hydrogen (secondary N) is 2. The van der Waals surface area contributed by atoms with Gasteiger partial charge in [-0.2, -0.15) is 0 Å². The monoisotopic (exact) mass is 466 g/mol. The molecule has 0 atom stereocenters. The van der Waals surface area contributed by atoms with E-state index in [1.807, 2.05) is 0 Å². The van der Waals surface area contributed by atoms with Crippen molar-refractivity contribution in [3.05, 3.63) is 94.8 Å². The minimum Gasteiger partial charge on any atom is -0.323 e. The lowest BCUT2D eigenvalue weighted by Crippen LogP contribution is -2.30. The van der Waals surface area contributed by atoms with Crippen molar-refractivity contribution in [3.63, 3.8) is 0 Å². The Balaban J connectivity index is 1.57. The first-order valence-corrected chi connectivity index (χ1v) is 11.4. The molecule has 0 unspecified atom stereocenters. The molecule has 1 heterocycles. The third-order valence-corrected chi connectivity index (χ3v) is 6.31. The van der Waals surface area contributed by atoms with Crippen molar-refractivity contribution in [1.29, 1.82) is 0 Å². The van der Waals surface area contributed by atoms with Crippen LogP contribution >= 0.6 is 0 Å². The number of para-hydroxylation sites is 3. The summed E-state index contributed by atoms with van der Waals surface area (Å²) in [5.74, 6) is -0.722. The number of amides is 1. The first-order valence-electron chi connectivity index (χ1n) is 9.88. The van der Waals surface area contributed by atoms with Gasteiger partial charge in [0.1, 0.15) is 18.2 Å². The Morgan fingerprint density at radius 2 is 1.61 bits per heavy atom. The number of sulfonamides is 1. The first-order chi connectivity index (χ1) is 15.7. The highest BCUT2D eigenvalue weighted by molar-refractivity contribution is 7.92. The third kappa shape index (κ3) is 4.75. The molecule has 0 spiro atoms. The molecule has 0 radical (unpaired) electrons. The summed E-state index contributed by atoms with van der Waals surface area (Å²) in [6, 6.07) is 17.4. The second kappa shape index (κ2) is 8.83. The van der Waals surface area contributed by atoms with Crippen molar-refractivity contribution in [2.45, 2.75) is 18.4 Å². The Morgan fingerprint density at radius 3 is 2.33 bits per heavy atom. The number of benzene rings is 3.